The number of aromatic nitrogens is 2. The van der Waals surface area contributed by atoms with Crippen molar-refractivity contribution in [2.45, 2.75) is 38.1 Å². The number of nitrogens with one attached hydrogen (secondary N) is 1. The fourth-order valence-electron chi connectivity index (χ4n) is 2.51. The molecule has 0 atom stereocenters. The van der Waals surface area contributed by atoms with E-state index in [-0.39, 0.29) is 0 Å². The molecule has 1 fully saturated rings. The van der Waals surface area contributed by atoms with Crippen LogP contribution in [0.25, 0.3) is 11.0 Å². The van der Waals surface area contributed by atoms with E-state index in [1.54, 1.807) is 0 Å². The van der Waals surface area contributed by atoms with Crippen LogP contribution in [0.5, 0.6) is 0 Å². The van der Waals surface area contributed by atoms with Gasteiger partial charge in [0.15, 0.2) is 0 Å². The van der Waals surface area contributed by atoms with Crippen molar-refractivity contribution in [3.05, 3.63) is 30.1 Å². The number of benzene rings is 1. The Balaban J connectivity index is 1.71. The first-order chi connectivity index (χ1) is 8.88. The highest BCUT2D eigenvalue weighted by Crippen LogP contribution is 2.37. The van der Waals surface area contributed by atoms with Crippen molar-refractivity contribution >= 4 is 11.0 Å². The molecule has 1 aromatic carbocycles. The number of fused-ring (bicyclic) bond motifs is 1. The van der Waals surface area contributed by atoms with Gasteiger partial charge in [0, 0.05) is 6.04 Å². The molecule has 18 heavy (non-hydrogen) atoms. The fourth-order valence-corrected chi connectivity index (χ4v) is 2.51. The molecule has 3 nitrogen and oxygen atoms in total. The molecule has 1 heterocycles. The predicted molar refractivity (Wildman–Crippen MR) is 74.9 cm³/mol. The lowest BCUT2D eigenvalue weighted by Gasteiger charge is -2.03. The van der Waals surface area contributed by atoms with Crippen LogP contribution in [0, 0.1) is 0 Å². The van der Waals surface area contributed by atoms with Gasteiger partial charge < -0.3 is 9.88 Å². The van der Waals surface area contributed by atoms with Crippen LogP contribution in [0.3, 0.4) is 0 Å². The van der Waals surface area contributed by atoms with E-state index in [2.05, 4.69) is 33.1 Å². The minimum atomic E-state index is 0.719. The molecular formula is C15H21N3. The van der Waals surface area contributed by atoms with Crippen molar-refractivity contribution in [2.24, 2.45) is 0 Å². The molecule has 0 spiro atoms. The first-order valence-electron chi connectivity index (χ1n) is 6.98. The lowest BCUT2D eigenvalue weighted by Crippen LogP contribution is -2.07. The first kappa shape index (κ1) is 11.7. The minimum absolute atomic E-state index is 0.719. The van der Waals surface area contributed by atoms with Gasteiger partial charge in [-0.25, -0.2) is 4.98 Å². The summed E-state index contributed by atoms with van der Waals surface area (Å²) in [6.45, 7) is 1.11. The zero-order chi connectivity index (χ0) is 12.4. The van der Waals surface area contributed by atoms with Crippen molar-refractivity contribution in [3.63, 3.8) is 0 Å². The van der Waals surface area contributed by atoms with Crippen molar-refractivity contribution in [1.82, 2.24) is 14.9 Å². The molecule has 0 bridgehead atoms. The standard InChI is InChI=1S/C15H21N3/c1-16-9-3-2-4-12-5-8-15-14(10-12)17-11-18(15)13-6-7-13/h5,8,10-11,13,16H,2-4,6-7,9H2,1H3. The van der Waals surface area contributed by atoms with Gasteiger partial charge in [0.2, 0.25) is 0 Å². The first-order valence-corrected chi connectivity index (χ1v) is 6.98. The van der Waals surface area contributed by atoms with Gasteiger partial charge in [0.25, 0.3) is 0 Å². The molecule has 3 rings (SSSR count). The molecule has 0 radical (unpaired) electrons. The second-order valence-corrected chi connectivity index (χ2v) is 5.27. The topological polar surface area (TPSA) is 29.9 Å². The van der Waals surface area contributed by atoms with Crippen LogP contribution in [0.4, 0.5) is 0 Å². The molecule has 0 unspecified atom stereocenters. The van der Waals surface area contributed by atoms with Crippen molar-refractivity contribution in [3.8, 4) is 0 Å². The molecular weight excluding hydrogens is 222 g/mol. The highest BCUT2D eigenvalue weighted by Gasteiger charge is 2.24. The highest BCUT2D eigenvalue weighted by molar-refractivity contribution is 5.76. The zero-order valence-electron chi connectivity index (χ0n) is 11.0. The Morgan fingerprint density at radius 2 is 2.22 bits per heavy atom. The van der Waals surface area contributed by atoms with Gasteiger partial charge in [-0.05, 0) is 63.4 Å². The van der Waals surface area contributed by atoms with Crippen LogP contribution in [0.1, 0.15) is 37.3 Å². The third kappa shape index (κ3) is 2.41. The van der Waals surface area contributed by atoms with Crippen LogP contribution < -0.4 is 5.32 Å². The van der Waals surface area contributed by atoms with Gasteiger partial charge in [-0.3, -0.25) is 0 Å². The van der Waals surface area contributed by atoms with Crippen molar-refractivity contribution < 1.29 is 0 Å². The van der Waals surface area contributed by atoms with E-state index in [0.29, 0.717) is 0 Å². The lowest BCUT2D eigenvalue weighted by molar-refractivity contribution is 0.677. The van der Waals surface area contributed by atoms with Gasteiger partial charge in [0.1, 0.15) is 0 Å². The largest absolute Gasteiger partial charge is 0.327 e. The number of aryl methyl sites for hydroxylation is 1. The summed E-state index contributed by atoms with van der Waals surface area (Å²) in [5.41, 5.74) is 3.88. The Hall–Kier alpha value is -1.35. The molecule has 1 N–H and O–H groups in total. The lowest BCUT2D eigenvalue weighted by atomic mass is 10.1. The van der Waals surface area contributed by atoms with Crippen molar-refractivity contribution in [2.75, 3.05) is 13.6 Å². The maximum Gasteiger partial charge on any atom is 0.0960 e. The summed E-state index contributed by atoms with van der Waals surface area (Å²) in [7, 11) is 2.01. The van der Waals surface area contributed by atoms with Gasteiger partial charge in [0.05, 0.1) is 17.4 Å². The fraction of sp³-hybridized carbons (Fsp3) is 0.533. The second-order valence-electron chi connectivity index (χ2n) is 5.27. The molecule has 1 aliphatic rings. The molecule has 96 valence electrons. The average Bonchev–Trinajstić information content (AvgIpc) is 3.15. The SMILES string of the molecule is CNCCCCc1ccc2c(c1)ncn2C1CC1. The quantitative estimate of drug-likeness (QED) is 0.791. The summed E-state index contributed by atoms with van der Waals surface area (Å²) >= 11 is 0. The van der Waals surface area contributed by atoms with Gasteiger partial charge >= 0.3 is 0 Å². The molecule has 1 aromatic heterocycles. The molecule has 0 saturated heterocycles. The van der Waals surface area contributed by atoms with Crippen LogP contribution >= 0.6 is 0 Å². The third-order valence-electron chi connectivity index (χ3n) is 3.72. The molecule has 1 saturated carbocycles. The van der Waals surface area contributed by atoms with E-state index in [1.807, 2.05) is 13.4 Å². The zero-order valence-corrected chi connectivity index (χ0v) is 11.0. The van der Waals surface area contributed by atoms with Crippen LogP contribution in [-0.2, 0) is 6.42 Å². The Kier molecular flexibility index (Phi) is 3.33. The normalized spacial score (nSPS) is 15.4. The van der Waals surface area contributed by atoms with Gasteiger partial charge in [-0.15, -0.1) is 0 Å². The predicted octanol–water partition coefficient (Wildman–Crippen LogP) is 2.91. The Bertz CT molecular complexity index is 526. The number of unbranched alkanes of at least 4 members (excludes halogenated alkanes) is 1. The Labute approximate surface area is 108 Å². The highest BCUT2D eigenvalue weighted by atomic mass is 15.1. The molecule has 1 aliphatic carbocycles. The minimum Gasteiger partial charge on any atom is -0.327 e. The van der Waals surface area contributed by atoms with Gasteiger partial charge in [-0.1, -0.05) is 6.07 Å². The molecule has 0 aliphatic heterocycles. The van der Waals surface area contributed by atoms with E-state index in [4.69, 9.17) is 0 Å². The molecule has 0 amide bonds. The number of rotatable bonds is 6. The monoisotopic (exact) mass is 243 g/mol. The maximum absolute atomic E-state index is 4.54. The second kappa shape index (κ2) is 5.11. The summed E-state index contributed by atoms with van der Waals surface area (Å²) in [5.74, 6) is 0. The maximum atomic E-state index is 4.54. The average molecular weight is 243 g/mol. The summed E-state index contributed by atoms with van der Waals surface area (Å²) < 4.78 is 2.33. The Morgan fingerprint density at radius 3 is 3.00 bits per heavy atom. The molecule has 3 heteroatoms. The third-order valence-corrected chi connectivity index (χ3v) is 3.72. The molecule has 2 aromatic rings. The number of hydrogen-bond acceptors (Lipinski definition) is 2. The van der Waals surface area contributed by atoms with E-state index < -0.39 is 0 Å². The number of nitrogens with zero attached hydrogens (tertiary/aromatic N) is 2. The summed E-state index contributed by atoms with van der Waals surface area (Å²) in [6.07, 6.45) is 8.29. The van der Waals surface area contributed by atoms with Gasteiger partial charge in [-0.2, -0.15) is 0 Å². The van der Waals surface area contributed by atoms with Crippen molar-refractivity contribution in [1.29, 1.82) is 0 Å². The summed E-state index contributed by atoms with van der Waals surface area (Å²) in [5, 5.41) is 3.19. The summed E-state index contributed by atoms with van der Waals surface area (Å²) in [6, 6.07) is 7.49. The van der Waals surface area contributed by atoms with Crippen LogP contribution in [0.15, 0.2) is 24.5 Å². The van der Waals surface area contributed by atoms with Crippen LogP contribution in [-0.4, -0.2) is 23.1 Å². The van der Waals surface area contributed by atoms with E-state index >= 15 is 0 Å². The smallest absolute Gasteiger partial charge is 0.0960 e. The summed E-state index contributed by atoms with van der Waals surface area (Å²) in [4.78, 5) is 4.54. The number of imidazole rings is 1. The van der Waals surface area contributed by atoms with E-state index in [1.165, 1.54) is 36.8 Å². The van der Waals surface area contributed by atoms with E-state index in [0.717, 1.165) is 24.5 Å². The number of hydrogen-bond donors (Lipinski definition) is 1. The van der Waals surface area contributed by atoms with Crippen LogP contribution in [0.2, 0.25) is 0 Å². The Morgan fingerprint density at radius 1 is 1.33 bits per heavy atom. The van der Waals surface area contributed by atoms with E-state index in [9.17, 15) is 0 Å².